The highest BCUT2D eigenvalue weighted by Gasteiger charge is 2.36. The van der Waals surface area contributed by atoms with Gasteiger partial charge < -0.3 is 15.5 Å². The lowest BCUT2D eigenvalue weighted by molar-refractivity contribution is -0.145. The molecule has 2 rings (SSSR count). The highest BCUT2D eigenvalue weighted by atomic mass is 35.5. The summed E-state index contributed by atoms with van der Waals surface area (Å²) in [6.07, 6.45) is 2.60. The summed E-state index contributed by atoms with van der Waals surface area (Å²) in [5.41, 5.74) is 5.31. The fourth-order valence-corrected chi connectivity index (χ4v) is 1.95. The number of halogens is 1. The van der Waals surface area contributed by atoms with E-state index in [-0.39, 0.29) is 30.8 Å². The third kappa shape index (κ3) is 2.86. The Morgan fingerprint density at radius 3 is 2.56 bits per heavy atom. The van der Waals surface area contributed by atoms with Crippen LogP contribution in [0.4, 0.5) is 0 Å². The second kappa shape index (κ2) is 5.50. The highest BCUT2D eigenvalue weighted by molar-refractivity contribution is 5.86. The normalized spacial score (nSPS) is 20.7. The van der Waals surface area contributed by atoms with Crippen LogP contribution in [0.3, 0.4) is 0 Å². The average Bonchev–Trinajstić information content (AvgIpc) is 3.01. The molecule has 0 aromatic rings. The molecule has 1 aliphatic carbocycles. The number of rotatable bonds is 3. The lowest BCUT2D eigenvalue weighted by atomic mass is 10.2. The first kappa shape index (κ1) is 13.3. The van der Waals surface area contributed by atoms with E-state index >= 15 is 0 Å². The molecule has 0 aromatic carbocycles. The molecule has 0 bridgehead atoms. The van der Waals surface area contributed by atoms with Crippen LogP contribution in [-0.4, -0.2) is 53.8 Å². The van der Waals surface area contributed by atoms with Gasteiger partial charge in [-0.1, -0.05) is 0 Å². The molecule has 6 heteroatoms. The summed E-state index contributed by atoms with van der Waals surface area (Å²) in [6.45, 7) is 1.96. The van der Waals surface area contributed by atoms with Gasteiger partial charge in [0.05, 0.1) is 6.54 Å². The van der Waals surface area contributed by atoms with E-state index in [4.69, 9.17) is 5.73 Å². The first-order valence-electron chi connectivity index (χ1n) is 5.49. The van der Waals surface area contributed by atoms with Crippen molar-refractivity contribution in [2.24, 2.45) is 5.73 Å². The molecule has 1 saturated carbocycles. The van der Waals surface area contributed by atoms with Crippen molar-refractivity contribution in [3.8, 4) is 0 Å². The molecule has 0 aromatic heterocycles. The van der Waals surface area contributed by atoms with Gasteiger partial charge in [-0.2, -0.15) is 0 Å². The van der Waals surface area contributed by atoms with Gasteiger partial charge in [-0.05, 0) is 12.8 Å². The Kier molecular flexibility index (Phi) is 4.56. The van der Waals surface area contributed by atoms with Crippen LogP contribution in [0.1, 0.15) is 19.3 Å². The van der Waals surface area contributed by atoms with E-state index in [1.165, 1.54) is 0 Å². The smallest absolute Gasteiger partial charge is 0.242 e. The van der Waals surface area contributed by atoms with E-state index in [2.05, 4.69) is 0 Å². The zero-order valence-electron chi connectivity index (χ0n) is 9.22. The van der Waals surface area contributed by atoms with E-state index in [1.807, 2.05) is 4.90 Å². The molecule has 2 amide bonds. The summed E-state index contributed by atoms with van der Waals surface area (Å²) in [7, 11) is 0. The van der Waals surface area contributed by atoms with Crippen molar-refractivity contribution in [2.45, 2.75) is 25.3 Å². The topological polar surface area (TPSA) is 66.6 Å². The zero-order chi connectivity index (χ0) is 10.8. The van der Waals surface area contributed by atoms with Gasteiger partial charge in [-0.15, -0.1) is 12.4 Å². The van der Waals surface area contributed by atoms with Gasteiger partial charge in [0.1, 0.15) is 0 Å². The summed E-state index contributed by atoms with van der Waals surface area (Å²) in [5, 5.41) is 0. The molecule has 0 spiro atoms. The van der Waals surface area contributed by atoms with Gasteiger partial charge in [-0.3, -0.25) is 9.59 Å². The molecule has 0 unspecified atom stereocenters. The van der Waals surface area contributed by atoms with E-state index in [1.54, 1.807) is 4.90 Å². The maximum Gasteiger partial charge on any atom is 0.242 e. The van der Waals surface area contributed by atoms with Gasteiger partial charge in [0.15, 0.2) is 0 Å². The van der Waals surface area contributed by atoms with Crippen molar-refractivity contribution in [3.05, 3.63) is 0 Å². The largest absolute Gasteiger partial charge is 0.336 e. The Labute approximate surface area is 101 Å². The molecule has 1 saturated heterocycles. The van der Waals surface area contributed by atoms with Crippen molar-refractivity contribution in [3.63, 3.8) is 0 Å². The molecular formula is C10H18ClN3O2. The minimum Gasteiger partial charge on any atom is -0.336 e. The quantitative estimate of drug-likeness (QED) is 0.737. The second-order valence-electron chi connectivity index (χ2n) is 4.17. The van der Waals surface area contributed by atoms with Crippen LogP contribution in [-0.2, 0) is 9.59 Å². The van der Waals surface area contributed by atoms with Crippen LogP contribution in [0.15, 0.2) is 0 Å². The monoisotopic (exact) mass is 247 g/mol. The Morgan fingerprint density at radius 2 is 2.06 bits per heavy atom. The molecule has 5 nitrogen and oxygen atoms in total. The van der Waals surface area contributed by atoms with Gasteiger partial charge in [0, 0.05) is 32.1 Å². The van der Waals surface area contributed by atoms with Crippen molar-refractivity contribution in [2.75, 3.05) is 26.2 Å². The number of piperazine rings is 1. The molecule has 0 atom stereocenters. The van der Waals surface area contributed by atoms with Crippen LogP contribution in [0, 0.1) is 0 Å². The second-order valence-corrected chi connectivity index (χ2v) is 4.17. The van der Waals surface area contributed by atoms with Gasteiger partial charge >= 0.3 is 0 Å². The molecular weight excluding hydrogens is 230 g/mol. The van der Waals surface area contributed by atoms with Gasteiger partial charge in [0.25, 0.3) is 0 Å². The standard InChI is InChI=1S/C10H17N3O2.ClH/c11-4-3-9(14)12-5-6-13(8-1-2-8)10(15)7-12;/h8H,1-7,11H2;1H. The number of amides is 2. The molecule has 1 aliphatic heterocycles. The van der Waals surface area contributed by atoms with Crippen molar-refractivity contribution >= 4 is 24.2 Å². The van der Waals surface area contributed by atoms with Crippen LogP contribution in [0.2, 0.25) is 0 Å². The highest BCUT2D eigenvalue weighted by Crippen LogP contribution is 2.28. The molecule has 92 valence electrons. The minimum absolute atomic E-state index is 0. The zero-order valence-corrected chi connectivity index (χ0v) is 10.0. The van der Waals surface area contributed by atoms with Crippen molar-refractivity contribution in [1.29, 1.82) is 0 Å². The predicted octanol–water partition coefficient (Wildman–Crippen LogP) is -0.410. The third-order valence-corrected chi connectivity index (χ3v) is 2.96. The Bertz CT molecular complexity index is 281. The molecule has 2 aliphatic rings. The molecule has 0 radical (unpaired) electrons. The molecule has 16 heavy (non-hydrogen) atoms. The summed E-state index contributed by atoms with van der Waals surface area (Å²) in [4.78, 5) is 26.7. The lowest BCUT2D eigenvalue weighted by Gasteiger charge is -2.34. The Morgan fingerprint density at radius 1 is 1.38 bits per heavy atom. The number of nitrogens with zero attached hydrogens (tertiary/aromatic N) is 2. The summed E-state index contributed by atoms with van der Waals surface area (Å²) in [5.74, 6) is 0.0930. The summed E-state index contributed by atoms with van der Waals surface area (Å²) in [6, 6.07) is 0.462. The molecule has 1 heterocycles. The maximum absolute atomic E-state index is 11.7. The predicted molar refractivity (Wildman–Crippen MR) is 62.2 cm³/mol. The number of nitrogens with two attached hydrogens (primary N) is 1. The van der Waals surface area contributed by atoms with Crippen LogP contribution < -0.4 is 5.73 Å². The first-order valence-corrected chi connectivity index (χ1v) is 5.49. The van der Waals surface area contributed by atoms with E-state index in [9.17, 15) is 9.59 Å². The number of carbonyl (C=O) groups is 2. The number of hydrogen-bond acceptors (Lipinski definition) is 3. The third-order valence-electron chi connectivity index (χ3n) is 2.96. The van der Waals surface area contributed by atoms with Crippen LogP contribution in [0.25, 0.3) is 0 Å². The minimum atomic E-state index is 0. The molecule has 2 N–H and O–H groups in total. The van der Waals surface area contributed by atoms with Crippen molar-refractivity contribution in [1.82, 2.24) is 9.80 Å². The van der Waals surface area contributed by atoms with Gasteiger partial charge in [0.2, 0.25) is 11.8 Å². The Hall–Kier alpha value is -0.810. The number of hydrogen-bond donors (Lipinski definition) is 1. The van der Waals surface area contributed by atoms with Gasteiger partial charge in [-0.25, -0.2) is 0 Å². The van der Waals surface area contributed by atoms with E-state index in [0.29, 0.717) is 32.1 Å². The SMILES string of the molecule is Cl.NCCC(=O)N1CCN(C2CC2)C(=O)C1. The van der Waals surface area contributed by atoms with Crippen LogP contribution in [0.5, 0.6) is 0 Å². The first-order chi connectivity index (χ1) is 7.22. The molecule has 2 fully saturated rings. The average molecular weight is 248 g/mol. The lowest BCUT2D eigenvalue weighted by Crippen LogP contribution is -2.53. The summed E-state index contributed by atoms with van der Waals surface area (Å²) >= 11 is 0. The Balaban J connectivity index is 0.00000128. The summed E-state index contributed by atoms with van der Waals surface area (Å²) < 4.78 is 0. The van der Waals surface area contributed by atoms with E-state index in [0.717, 1.165) is 12.8 Å². The van der Waals surface area contributed by atoms with Crippen molar-refractivity contribution < 1.29 is 9.59 Å². The fourth-order valence-electron chi connectivity index (χ4n) is 1.95. The maximum atomic E-state index is 11.7. The van der Waals surface area contributed by atoms with Crippen LogP contribution >= 0.6 is 12.4 Å². The fraction of sp³-hybridized carbons (Fsp3) is 0.800. The van der Waals surface area contributed by atoms with E-state index < -0.39 is 0 Å². The number of carbonyl (C=O) groups excluding carboxylic acids is 2.